The minimum Gasteiger partial charge on any atom is -0.478 e. The van der Waals surface area contributed by atoms with Crippen LogP contribution in [-0.4, -0.2) is 29.0 Å². The first-order valence-electron chi connectivity index (χ1n) is 6.90. The summed E-state index contributed by atoms with van der Waals surface area (Å²) in [6, 6.07) is 14.3. The highest BCUT2D eigenvalue weighted by Gasteiger charge is 2.07. The lowest BCUT2D eigenvalue weighted by molar-refractivity contribution is -0.118. The van der Waals surface area contributed by atoms with Gasteiger partial charge in [-0.1, -0.05) is 35.9 Å². The first-order chi connectivity index (χ1) is 11.1. The molecule has 6 heteroatoms. The van der Waals surface area contributed by atoms with Crippen LogP contribution < -0.4 is 5.43 Å². The van der Waals surface area contributed by atoms with Gasteiger partial charge in [0.1, 0.15) is 0 Å². The van der Waals surface area contributed by atoms with Crippen LogP contribution in [0.4, 0.5) is 0 Å². The van der Waals surface area contributed by atoms with Crippen LogP contribution in [-0.2, 0) is 4.79 Å². The van der Waals surface area contributed by atoms with Gasteiger partial charge in [-0.05, 0) is 25.1 Å². The maximum atomic E-state index is 11.7. The molecule has 5 nitrogen and oxygen atoms in total. The number of nitrogens with zero attached hydrogens (tertiary/aromatic N) is 1. The van der Waals surface area contributed by atoms with E-state index in [9.17, 15) is 9.59 Å². The molecule has 0 saturated heterocycles. The minimum atomic E-state index is -1.03. The molecule has 23 heavy (non-hydrogen) atoms. The van der Waals surface area contributed by atoms with Crippen molar-refractivity contribution < 1.29 is 14.7 Å². The van der Waals surface area contributed by atoms with E-state index in [2.05, 4.69) is 10.5 Å². The monoisotopic (exact) mass is 328 g/mol. The van der Waals surface area contributed by atoms with Crippen molar-refractivity contribution in [1.82, 2.24) is 5.43 Å². The Morgan fingerprint density at radius 1 is 1.17 bits per heavy atom. The van der Waals surface area contributed by atoms with Gasteiger partial charge in [0.25, 0.3) is 0 Å². The van der Waals surface area contributed by atoms with Crippen molar-refractivity contribution >= 4 is 29.9 Å². The number of hydrazone groups is 1. The third-order valence-corrected chi connectivity index (χ3v) is 3.99. The molecule has 2 aromatic carbocycles. The van der Waals surface area contributed by atoms with Crippen LogP contribution in [0.2, 0.25) is 0 Å². The van der Waals surface area contributed by atoms with Gasteiger partial charge in [-0.15, -0.1) is 11.8 Å². The number of thioether (sulfide) groups is 1. The fourth-order valence-corrected chi connectivity index (χ4v) is 2.48. The van der Waals surface area contributed by atoms with Crippen LogP contribution in [0.15, 0.2) is 58.5 Å². The third-order valence-electron chi connectivity index (χ3n) is 2.97. The predicted molar refractivity (Wildman–Crippen MR) is 91.0 cm³/mol. The number of carbonyl (C=O) groups excluding carboxylic acids is 1. The molecule has 0 fully saturated rings. The average molecular weight is 328 g/mol. The number of nitrogens with one attached hydrogen (secondary N) is 1. The predicted octanol–water partition coefficient (Wildman–Crippen LogP) is 2.94. The first-order valence-corrected chi connectivity index (χ1v) is 7.88. The highest BCUT2D eigenvalue weighted by atomic mass is 32.2. The zero-order valence-corrected chi connectivity index (χ0v) is 13.3. The van der Waals surface area contributed by atoms with Crippen LogP contribution in [0.5, 0.6) is 0 Å². The fourth-order valence-electron chi connectivity index (χ4n) is 1.79. The van der Waals surface area contributed by atoms with E-state index in [0.29, 0.717) is 5.56 Å². The Bertz CT molecular complexity index is 727. The Kier molecular flexibility index (Phi) is 5.94. The van der Waals surface area contributed by atoms with Crippen LogP contribution in [0.1, 0.15) is 21.5 Å². The van der Waals surface area contributed by atoms with Crippen molar-refractivity contribution in [1.29, 1.82) is 0 Å². The number of rotatable bonds is 6. The topological polar surface area (TPSA) is 78.8 Å². The number of carboxylic acids is 1. The molecule has 0 spiro atoms. The standard InChI is InChI=1S/C17H16N2O3S/c1-12-6-8-14(9-7-12)23-11-16(20)19-18-10-13-4-2-3-5-15(13)17(21)22/h2-10H,11H2,1H3,(H,19,20)(H,21,22)/b18-10-. The number of amides is 1. The maximum absolute atomic E-state index is 11.7. The maximum Gasteiger partial charge on any atom is 0.336 e. The van der Waals surface area contributed by atoms with Crippen LogP contribution in [0.3, 0.4) is 0 Å². The van der Waals surface area contributed by atoms with Crippen LogP contribution in [0.25, 0.3) is 0 Å². The third kappa shape index (κ3) is 5.27. The number of hydrogen-bond donors (Lipinski definition) is 2. The van der Waals surface area contributed by atoms with Gasteiger partial charge in [0.2, 0.25) is 5.91 Å². The Morgan fingerprint density at radius 2 is 1.87 bits per heavy atom. The van der Waals surface area contributed by atoms with E-state index < -0.39 is 5.97 Å². The number of hydrogen-bond acceptors (Lipinski definition) is 4. The zero-order valence-electron chi connectivity index (χ0n) is 12.5. The summed E-state index contributed by atoms with van der Waals surface area (Å²) in [6.07, 6.45) is 1.33. The van der Waals surface area contributed by atoms with Gasteiger partial charge in [-0.2, -0.15) is 5.10 Å². The second kappa shape index (κ2) is 8.14. The molecular weight excluding hydrogens is 312 g/mol. The molecule has 0 unspecified atom stereocenters. The fraction of sp³-hybridized carbons (Fsp3) is 0.118. The molecule has 0 aromatic heterocycles. The summed E-state index contributed by atoms with van der Waals surface area (Å²) in [4.78, 5) is 23.8. The zero-order chi connectivity index (χ0) is 16.7. The summed E-state index contributed by atoms with van der Waals surface area (Å²) >= 11 is 1.41. The Labute approximate surface area is 138 Å². The van der Waals surface area contributed by atoms with Crippen molar-refractivity contribution in [2.45, 2.75) is 11.8 Å². The lowest BCUT2D eigenvalue weighted by Gasteiger charge is -2.02. The molecule has 2 N–H and O–H groups in total. The highest BCUT2D eigenvalue weighted by Crippen LogP contribution is 2.17. The van der Waals surface area contributed by atoms with Crippen LogP contribution in [0, 0.1) is 6.92 Å². The molecule has 1 amide bonds. The molecule has 0 heterocycles. The number of aromatic carboxylic acids is 1. The largest absolute Gasteiger partial charge is 0.478 e. The van der Waals surface area contributed by atoms with E-state index in [1.807, 2.05) is 31.2 Å². The molecule has 0 atom stereocenters. The van der Waals surface area contributed by atoms with Gasteiger partial charge in [0.15, 0.2) is 0 Å². The number of aryl methyl sites for hydroxylation is 1. The quantitative estimate of drug-likeness (QED) is 0.485. The van der Waals surface area contributed by atoms with Crippen molar-refractivity contribution in [3.8, 4) is 0 Å². The van der Waals surface area contributed by atoms with Gasteiger partial charge in [0, 0.05) is 10.5 Å². The number of carbonyl (C=O) groups is 2. The Morgan fingerprint density at radius 3 is 2.57 bits per heavy atom. The molecule has 0 radical (unpaired) electrons. The van der Waals surface area contributed by atoms with Crippen molar-refractivity contribution in [2.75, 3.05) is 5.75 Å². The van der Waals surface area contributed by atoms with Crippen molar-refractivity contribution in [3.63, 3.8) is 0 Å². The van der Waals surface area contributed by atoms with Gasteiger partial charge in [0.05, 0.1) is 17.5 Å². The molecule has 0 bridgehead atoms. The molecule has 2 aromatic rings. The van der Waals surface area contributed by atoms with Gasteiger partial charge < -0.3 is 5.11 Å². The summed E-state index contributed by atoms with van der Waals surface area (Å²) in [7, 11) is 0. The normalized spacial score (nSPS) is 10.7. The van der Waals surface area contributed by atoms with E-state index in [4.69, 9.17) is 5.11 Å². The summed E-state index contributed by atoms with van der Waals surface area (Å²) in [5.41, 5.74) is 4.14. The molecule has 118 valence electrons. The molecule has 0 aliphatic heterocycles. The molecule has 0 aliphatic rings. The second-order valence-corrected chi connectivity index (χ2v) is 5.84. The van der Waals surface area contributed by atoms with Gasteiger partial charge >= 0.3 is 5.97 Å². The van der Waals surface area contributed by atoms with Gasteiger partial charge in [-0.3, -0.25) is 4.79 Å². The molecule has 0 aliphatic carbocycles. The smallest absolute Gasteiger partial charge is 0.336 e. The summed E-state index contributed by atoms with van der Waals surface area (Å²) in [5, 5.41) is 12.9. The number of carboxylic acid groups (broad SMARTS) is 1. The van der Waals surface area contributed by atoms with E-state index >= 15 is 0 Å². The first kappa shape index (κ1) is 16.8. The number of benzene rings is 2. The van der Waals surface area contributed by atoms with E-state index in [0.717, 1.165) is 4.90 Å². The highest BCUT2D eigenvalue weighted by molar-refractivity contribution is 8.00. The average Bonchev–Trinajstić information content (AvgIpc) is 2.54. The van der Waals surface area contributed by atoms with E-state index in [-0.39, 0.29) is 17.2 Å². The summed E-state index contributed by atoms with van der Waals surface area (Å²) in [5.74, 6) is -1.05. The van der Waals surface area contributed by atoms with Crippen molar-refractivity contribution in [3.05, 3.63) is 65.2 Å². The van der Waals surface area contributed by atoms with E-state index in [1.54, 1.807) is 18.2 Å². The summed E-state index contributed by atoms with van der Waals surface area (Å²) < 4.78 is 0. The lowest BCUT2D eigenvalue weighted by Crippen LogP contribution is -2.19. The second-order valence-electron chi connectivity index (χ2n) is 4.79. The summed E-state index contributed by atoms with van der Waals surface area (Å²) in [6.45, 7) is 2.00. The molecule has 0 saturated carbocycles. The minimum absolute atomic E-state index is 0.138. The van der Waals surface area contributed by atoms with E-state index in [1.165, 1.54) is 29.6 Å². The lowest BCUT2D eigenvalue weighted by atomic mass is 10.1. The molecule has 2 rings (SSSR count). The SMILES string of the molecule is Cc1ccc(SCC(=O)N/N=C\c2ccccc2C(=O)O)cc1. The Hall–Kier alpha value is -2.60. The van der Waals surface area contributed by atoms with Crippen LogP contribution >= 0.6 is 11.8 Å². The molecular formula is C17H16N2O3S. The van der Waals surface area contributed by atoms with Gasteiger partial charge in [-0.25, -0.2) is 10.2 Å². The van der Waals surface area contributed by atoms with Crippen molar-refractivity contribution in [2.24, 2.45) is 5.10 Å². The Balaban J connectivity index is 1.87.